The molecule has 0 unspecified atom stereocenters. The van der Waals surface area contributed by atoms with Gasteiger partial charge in [0.25, 0.3) is 0 Å². The molecule has 0 aliphatic rings. The Bertz CT molecular complexity index is 410. The van der Waals surface area contributed by atoms with Crippen LogP contribution in [0.25, 0.3) is 6.08 Å². The monoisotopic (exact) mass is 275 g/mol. The van der Waals surface area contributed by atoms with Gasteiger partial charge < -0.3 is 10.5 Å². The van der Waals surface area contributed by atoms with Gasteiger partial charge in [0.1, 0.15) is 0 Å². The minimum atomic E-state index is -0.137. The first-order chi connectivity index (χ1) is 9.76. The average Bonchev–Trinajstić information content (AvgIpc) is 2.48. The molecule has 0 atom stereocenters. The van der Waals surface area contributed by atoms with Gasteiger partial charge in [-0.2, -0.15) is 0 Å². The number of unbranched alkanes of at least 4 members (excludes halogenated alkanes) is 2. The Balaban J connectivity index is 2.30. The molecule has 0 amide bonds. The van der Waals surface area contributed by atoms with Crippen molar-refractivity contribution in [3.63, 3.8) is 0 Å². The van der Waals surface area contributed by atoms with Gasteiger partial charge in [-0.1, -0.05) is 36.4 Å². The van der Waals surface area contributed by atoms with Crippen LogP contribution in [0.1, 0.15) is 43.2 Å². The number of hydrogen-bond acceptors (Lipinski definition) is 3. The Labute approximate surface area is 121 Å². The van der Waals surface area contributed by atoms with Crippen molar-refractivity contribution in [3.05, 3.63) is 41.5 Å². The Morgan fingerprint density at radius 1 is 1.20 bits per heavy atom. The second-order valence-electron chi connectivity index (χ2n) is 4.86. The van der Waals surface area contributed by atoms with E-state index in [1.54, 1.807) is 0 Å². The third-order valence-electron chi connectivity index (χ3n) is 3.19. The van der Waals surface area contributed by atoms with Crippen molar-refractivity contribution in [2.75, 3.05) is 13.7 Å². The van der Waals surface area contributed by atoms with E-state index >= 15 is 0 Å². The molecule has 0 aliphatic heterocycles. The normalized spacial score (nSPS) is 10.9. The van der Waals surface area contributed by atoms with Gasteiger partial charge in [-0.3, -0.25) is 4.79 Å². The lowest BCUT2D eigenvalue weighted by Gasteiger charge is -2.02. The Kier molecular flexibility index (Phi) is 8.40. The van der Waals surface area contributed by atoms with Crippen molar-refractivity contribution < 1.29 is 9.53 Å². The number of ether oxygens (including phenoxy) is 1. The molecule has 20 heavy (non-hydrogen) atoms. The zero-order valence-corrected chi connectivity index (χ0v) is 12.3. The predicted octanol–water partition coefficient (Wildman–Crippen LogP) is 3.32. The van der Waals surface area contributed by atoms with Crippen LogP contribution in [0.3, 0.4) is 0 Å². The van der Waals surface area contributed by atoms with Gasteiger partial charge in [0.05, 0.1) is 7.11 Å². The maximum Gasteiger partial charge on any atom is 0.305 e. The number of methoxy groups -OCH3 is 1. The molecule has 0 aromatic heterocycles. The molecule has 0 fully saturated rings. The molecule has 110 valence electrons. The van der Waals surface area contributed by atoms with Crippen LogP contribution in [0, 0.1) is 0 Å². The van der Waals surface area contributed by atoms with Gasteiger partial charge in [0.2, 0.25) is 0 Å². The van der Waals surface area contributed by atoms with Crippen LogP contribution < -0.4 is 5.73 Å². The summed E-state index contributed by atoms with van der Waals surface area (Å²) in [6.45, 7) is 0.772. The number of rotatable bonds is 9. The summed E-state index contributed by atoms with van der Waals surface area (Å²) in [6.07, 6.45) is 9.90. The minimum absolute atomic E-state index is 0.137. The number of carbonyl (C=O) groups is 1. The lowest BCUT2D eigenvalue weighted by Crippen LogP contribution is -2.00. The first-order valence-electron chi connectivity index (χ1n) is 7.28. The van der Waals surface area contributed by atoms with Gasteiger partial charge in [0.15, 0.2) is 0 Å². The van der Waals surface area contributed by atoms with E-state index in [4.69, 9.17) is 5.73 Å². The quantitative estimate of drug-likeness (QED) is 0.555. The second-order valence-corrected chi connectivity index (χ2v) is 4.86. The van der Waals surface area contributed by atoms with Crippen molar-refractivity contribution in [3.8, 4) is 0 Å². The number of carbonyl (C=O) groups excluding carboxylic acids is 1. The summed E-state index contributed by atoms with van der Waals surface area (Å²) < 4.78 is 4.62. The van der Waals surface area contributed by atoms with E-state index in [2.05, 4.69) is 41.2 Å². The molecule has 0 spiro atoms. The number of hydrogen-bond donors (Lipinski definition) is 1. The van der Waals surface area contributed by atoms with Crippen LogP contribution in [0.15, 0.2) is 30.3 Å². The van der Waals surface area contributed by atoms with Crippen molar-refractivity contribution >= 4 is 12.0 Å². The lowest BCUT2D eigenvalue weighted by molar-refractivity contribution is -0.140. The molecular formula is C17H25NO2. The maximum absolute atomic E-state index is 11.0. The van der Waals surface area contributed by atoms with E-state index in [0.717, 1.165) is 38.6 Å². The fraction of sp³-hybridized carbons (Fsp3) is 0.471. The van der Waals surface area contributed by atoms with Gasteiger partial charge in [-0.15, -0.1) is 0 Å². The van der Waals surface area contributed by atoms with Crippen LogP contribution >= 0.6 is 0 Å². The fourth-order valence-electron chi connectivity index (χ4n) is 1.96. The third-order valence-corrected chi connectivity index (χ3v) is 3.19. The Morgan fingerprint density at radius 2 is 1.95 bits per heavy atom. The number of esters is 1. The van der Waals surface area contributed by atoms with Crippen molar-refractivity contribution in [2.24, 2.45) is 5.73 Å². The molecule has 0 radical (unpaired) electrons. The zero-order valence-electron chi connectivity index (χ0n) is 12.3. The van der Waals surface area contributed by atoms with Crippen molar-refractivity contribution in [2.45, 2.75) is 38.5 Å². The molecule has 0 saturated heterocycles. The number of benzene rings is 1. The largest absolute Gasteiger partial charge is 0.469 e. The standard InChI is InChI=1S/C17H25NO2/c1-20-17(19)9-6-8-16-12-10-15(11-13-16)7-4-2-3-5-14-18/h4,7,10-13H,2-3,5-6,8-9,14,18H2,1H3/b7-4+. The van der Waals surface area contributed by atoms with Gasteiger partial charge >= 0.3 is 5.97 Å². The molecule has 0 saturated carbocycles. The van der Waals surface area contributed by atoms with E-state index in [1.807, 2.05) is 0 Å². The van der Waals surface area contributed by atoms with Gasteiger partial charge in [-0.05, 0) is 49.8 Å². The van der Waals surface area contributed by atoms with E-state index in [-0.39, 0.29) is 5.97 Å². The van der Waals surface area contributed by atoms with E-state index < -0.39 is 0 Å². The number of aryl methyl sites for hydroxylation is 1. The highest BCUT2D eigenvalue weighted by Gasteiger charge is 2.00. The maximum atomic E-state index is 11.0. The van der Waals surface area contributed by atoms with Crippen LogP contribution in [-0.4, -0.2) is 19.6 Å². The molecule has 2 N–H and O–H groups in total. The summed E-state index contributed by atoms with van der Waals surface area (Å²) in [5.74, 6) is -0.137. The topological polar surface area (TPSA) is 52.3 Å². The van der Waals surface area contributed by atoms with E-state index in [9.17, 15) is 4.79 Å². The summed E-state index contributed by atoms with van der Waals surface area (Å²) in [7, 11) is 1.43. The molecule has 1 aromatic rings. The second kappa shape index (κ2) is 10.2. The molecule has 3 heteroatoms. The van der Waals surface area contributed by atoms with Crippen LogP contribution in [0.2, 0.25) is 0 Å². The molecule has 1 rings (SSSR count). The van der Waals surface area contributed by atoms with E-state index in [1.165, 1.54) is 18.2 Å². The Morgan fingerprint density at radius 3 is 2.60 bits per heavy atom. The first-order valence-corrected chi connectivity index (χ1v) is 7.28. The Hall–Kier alpha value is -1.61. The molecular weight excluding hydrogens is 250 g/mol. The average molecular weight is 275 g/mol. The highest BCUT2D eigenvalue weighted by Crippen LogP contribution is 2.10. The van der Waals surface area contributed by atoms with E-state index in [0.29, 0.717) is 6.42 Å². The van der Waals surface area contributed by atoms with Crippen molar-refractivity contribution in [1.82, 2.24) is 0 Å². The van der Waals surface area contributed by atoms with Gasteiger partial charge in [0, 0.05) is 6.42 Å². The smallest absolute Gasteiger partial charge is 0.305 e. The third kappa shape index (κ3) is 7.10. The van der Waals surface area contributed by atoms with Crippen LogP contribution in [-0.2, 0) is 16.0 Å². The van der Waals surface area contributed by atoms with Gasteiger partial charge in [-0.25, -0.2) is 0 Å². The number of allylic oxidation sites excluding steroid dienone is 1. The summed E-state index contributed by atoms with van der Waals surface area (Å²) >= 11 is 0. The molecule has 0 heterocycles. The zero-order chi connectivity index (χ0) is 14.6. The molecule has 0 aliphatic carbocycles. The molecule has 1 aromatic carbocycles. The van der Waals surface area contributed by atoms with Crippen LogP contribution in [0.4, 0.5) is 0 Å². The lowest BCUT2D eigenvalue weighted by atomic mass is 10.1. The SMILES string of the molecule is COC(=O)CCCc1ccc(/C=C/CCCCN)cc1. The summed E-state index contributed by atoms with van der Waals surface area (Å²) in [5, 5.41) is 0. The minimum Gasteiger partial charge on any atom is -0.469 e. The highest BCUT2D eigenvalue weighted by atomic mass is 16.5. The predicted molar refractivity (Wildman–Crippen MR) is 83.3 cm³/mol. The molecule has 3 nitrogen and oxygen atoms in total. The first kappa shape index (κ1) is 16.4. The number of nitrogens with two attached hydrogens (primary N) is 1. The highest BCUT2D eigenvalue weighted by molar-refractivity contribution is 5.69. The summed E-state index contributed by atoms with van der Waals surface area (Å²) in [4.78, 5) is 11.0. The summed E-state index contributed by atoms with van der Waals surface area (Å²) in [6, 6.07) is 8.48. The molecule has 0 bridgehead atoms. The van der Waals surface area contributed by atoms with Crippen molar-refractivity contribution in [1.29, 1.82) is 0 Å². The summed E-state index contributed by atoms with van der Waals surface area (Å²) in [5.41, 5.74) is 7.93. The fourth-order valence-corrected chi connectivity index (χ4v) is 1.96. The van der Waals surface area contributed by atoms with Crippen LogP contribution in [0.5, 0.6) is 0 Å².